The largest absolute Gasteiger partial charge is 0.388 e. The standard InChI is InChI=1S/C28H49N5O14/c1-15-20(38)22(40)25-28(45-15)44-11-9-32-19(37)14-33(12-17(35)30-7-5-3-4-6-16(34)29-2)13-18(36)31-8-10-43-26-23(41)21(39)24(42)27(46-25)47-26/h15,20-28,38-42H,3-14H2,1-2H3,(H,29,34)(H,30,35)(H,31,36)(H,32,37)/t15-,20+,21-,22+,23-,24-,25-,26+,27+,28+/m0/s1. The summed E-state index contributed by atoms with van der Waals surface area (Å²) in [4.78, 5) is 50.7. The Hall–Kier alpha value is -2.56. The Morgan fingerprint density at radius 1 is 0.766 bits per heavy atom. The fraction of sp³-hybridized carbons (Fsp3) is 0.857. The molecule has 3 aliphatic heterocycles. The van der Waals surface area contributed by atoms with Gasteiger partial charge in [-0.2, -0.15) is 0 Å². The van der Waals surface area contributed by atoms with Crippen LogP contribution in [0.1, 0.15) is 32.6 Å². The fourth-order valence-electron chi connectivity index (χ4n) is 5.12. The summed E-state index contributed by atoms with van der Waals surface area (Å²) >= 11 is 0. The highest BCUT2D eigenvalue weighted by Gasteiger charge is 2.50. The number of rotatable bonds is 8. The molecule has 0 aromatic rings. The van der Waals surface area contributed by atoms with Crippen LogP contribution in [0.2, 0.25) is 0 Å². The molecule has 9 N–H and O–H groups in total. The van der Waals surface area contributed by atoms with Crippen molar-refractivity contribution in [3.05, 3.63) is 0 Å². The van der Waals surface area contributed by atoms with E-state index >= 15 is 0 Å². The number of hydrogen-bond acceptors (Lipinski definition) is 15. The maximum absolute atomic E-state index is 12.7. The van der Waals surface area contributed by atoms with Gasteiger partial charge in [-0.15, -0.1) is 0 Å². The van der Waals surface area contributed by atoms with Gasteiger partial charge in [-0.05, 0) is 19.8 Å². The van der Waals surface area contributed by atoms with Gasteiger partial charge in [0.25, 0.3) is 0 Å². The number of unbranched alkanes of at least 4 members (excludes halogenated alkanes) is 2. The van der Waals surface area contributed by atoms with Crippen LogP contribution in [0.25, 0.3) is 0 Å². The van der Waals surface area contributed by atoms with E-state index in [9.17, 15) is 44.7 Å². The van der Waals surface area contributed by atoms with E-state index in [4.69, 9.17) is 23.7 Å². The molecule has 3 fully saturated rings. The zero-order chi connectivity index (χ0) is 34.5. The Morgan fingerprint density at radius 2 is 1.38 bits per heavy atom. The molecule has 270 valence electrons. The molecule has 19 nitrogen and oxygen atoms in total. The normalized spacial score (nSPS) is 35.2. The van der Waals surface area contributed by atoms with Crippen LogP contribution in [0, 0.1) is 0 Å². The summed E-state index contributed by atoms with van der Waals surface area (Å²) in [5.41, 5.74) is 0. The first-order valence-electron chi connectivity index (χ1n) is 15.7. The van der Waals surface area contributed by atoms with Gasteiger partial charge in [-0.1, -0.05) is 6.42 Å². The maximum Gasteiger partial charge on any atom is 0.234 e. The molecule has 0 aromatic heterocycles. The number of nitrogens with one attached hydrogen (secondary N) is 4. The van der Waals surface area contributed by atoms with Crippen molar-refractivity contribution in [2.24, 2.45) is 0 Å². The van der Waals surface area contributed by atoms with Crippen molar-refractivity contribution in [2.75, 3.05) is 59.5 Å². The number of amides is 4. The predicted octanol–water partition coefficient (Wildman–Crippen LogP) is -5.39. The Bertz CT molecular complexity index is 1030. The second kappa shape index (κ2) is 19.4. The number of nitrogens with zero attached hydrogens (tertiary/aromatic N) is 1. The lowest BCUT2D eigenvalue weighted by Gasteiger charge is -2.45. The minimum Gasteiger partial charge on any atom is -0.388 e. The number of ether oxygens (including phenoxy) is 5. The van der Waals surface area contributed by atoms with E-state index in [2.05, 4.69) is 21.3 Å². The molecular weight excluding hydrogens is 630 g/mol. The second-order valence-electron chi connectivity index (χ2n) is 11.6. The highest BCUT2D eigenvalue weighted by atomic mass is 16.8. The minimum absolute atomic E-state index is 0.0515. The molecule has 0 radical (unpaired) electrons. The van der Waals surface area contributed by atoms with Gasteiger partial charge in [0.1, 0.15) is 36.6 Å². The summed E-state index contributed by atoms with van der Waals surface area (Å²) in [5.74, 6) is -1.51. The Kier molecular flexibility index (Phi) is 16.1. The van der Waals surface area contributed by atoms with Crippen LogP contribution in [0.15, 0.2) is 0 Å². The molecule has 47 heavy (non-hydrogen) atoms. The molecule has 3 heterocycles. The van der Waals surface area contributed by atoms with Crippen molar-refractivity contribution in [3.8, 4) is 0 Å². The summed E-state index contributed by atoms with van der Waals surface area (Å²) in [6.07, 6.45) is -12.7. The monoisotopic (exact) mass is 679 g/mol. The third kappa shape index (κ3) is 12.1. The van der Waals surface area contributed by atoms with Crippen molar-refractivity contribution < 1.29 is 68.4 Å². The Labute approximate surface area is 272 Å². The topological polar surface area (TPSA) is 267 Å². The van der Waals surface area contributed by atoms with Gasteiger partial charge >= 0.3 is 0 Å². The molecule has 3 saturated heterocycles. The molecule has 0 spiro atoms. The number of fused-ring (bicyclic) bond motifs is 3. The minimum atomic E-state index is -1.79. The van der Waals surface area contributed by atoms with Crippen molar-refractivity contribution in [1.82, 2.24) is 26.2 Å². The molecule has 10 atom stereocenters. The number of hydrogen-bond donors (Lipinski definition) is 9. The summed E-state index contributed by atoms with van der Waals surface area (Å²) in [7, 11) is 1.57. The average Bonchev–Trinajstić information content (AvgIpc) is 3.03. The first-order valence-corrected chi connectivity index (χ1v) is 15.7. The van der Waals surface area contributed by atoms with Gasteiger partial charge in [0, 0.05) is 33.1 Å². The van der Waals surface area contributed by atoms with Crippen LogP contribution < -0.4 is 21.3 Å². The van der Waals surface area contributed by atoms with Crippen LogP contribution in [0.3, 0.4) is 0 Å². The maximum atomic E-state index is 12.7. The lowest BCUT2D eigenvalue weighted by atomic mass is 9.99. The predicted molar refractivity (Wildman–Crippen MR) is 158 cm³/mol. The quantitative estimate of drug-likeness (QED) is 0.108. The van der Waals surface area contributed by atoms with Gasteiger partial charge in [0.2, 0.25) is 23.6 Å². The van der Waals surface area contributed by atoms with Crippen molar-refractivity contribution in [3.63, 3.8) is 0 Å². The number of aliphatic hydroxyl groups is 5. The summed E-state index contributed by atoms with van der Waals surface area (Å²) in [5, 5.41) is 62.9. The van der Waals surface area contributed by atoms with Crippen molar-refractivity contribution in [2.45, 2.75) is 94.2 Å². The summed E-state index contributed by atoms with van der Waals surface area (Å²) in [6, 6.07) is 0. The van der Waals surface area contributed by atoms with Crippen molar-refractivity contribution >= 4 is 23.6 Å². The lowest BCUT2D eigenvalue weighted by Crippen LogP contribution is -2.64. The van der Waals surface area contributed by atoms with E-state index in [0.29, 0.717) is 25.8 Å². The first-order chi connectivity index (χ1) is 22.4. The SMILES string of the molecule is CNC(=O)CCCCCNC(=O)CN1CC(=O)NCCO[C@@H]2O[C@@H](O[C@@H]3[C@H](OCCNC(=O)C1)O[C@@H](C)[C@@H](O)[C@H]3O)[C@@H](O)[C@@H](O)[C@@H]2O. The van der Waals surface area contributed by atoms with Gasteiger partial charge < -0.3 is 70.5 Å². The number of carbonyl (C=O) groups excluding carboxylic acids is 4. The van der Waals surface area contributed by atoms with Gasteiger partial charge in [0.15, 0.2) is 18.9 Å². The van der Waals surface area contributed by atoms with Crippen LogP contribution in [-0.4, -0.2) is 175 Å². The van der Waals surface area contributed by atoms with Crippen molar-refractivity contribution in [1.29, 1.82) is 0 Å². The molecular formula is C28H49N5O14. The second-order valence-corrected chi connectivity index (χ2v) is 11.6. The van der Waals surface area contributed by atoms with Crippen LogP contribution in [0.5, 0.6) is 0 Å². The summed E-state index contributed by atoms with van der Waals surface area (Å²) < 4.78 is 28.1. The molecule has 0 saturated carbocycles. The first kappa shape index (κ1) is 38.9. The highest BCUT2D eigenvalue weighted by molar-refractivity contribution is 5.84. The van der Waals surface area contributed by atoms with E-state index < -0.39 is 79.3 Å². The fourth-order valence-corrected chi connectivity index (χ4v) is 5.12. The third-order valence-corrected chi connectivity index (χ3v) is 7.80. The molecule has 3 aliphatic rings. The van der Waals surface area contributed by atoms with Gasteiger partial charge in [-0.3, -0.25) is 24.1 Å². The van der Waals surface area contributed by atoms with E-state index in [-0.39, 0.29) is 51.8 Å². The molecule has 4 amide bonds. The average molecular weight is 680 g/mol. The van der Waals surface area contributed by atoms with Crippen LogP contribution >= 0.6 is 0 Å². The molecule has 0 aromatic carbocycles. The molecule has 0 unspecified atom stereocenters. The molecule has 0 aliphatic carbocycles. The highest BCUT2D eigenvalue weighted by Crippen LogP contribution is 2.29. The van der Waals surface area contributed by atoms with E-state index in [0.717, 1.165) is 6.42 Å². The lowest BCUT2D eigenvalue weighted by molar-refractivity contribution is -0.387. The van der Waals surface area contributed by atoms with Gasteiger partial charge in [-0.25, -0.2) is 0 Å². The molecule has 19 heteroatoms. The molecule has 2 bridgehead atoms. The number of aliphatic hydroxyl groups excluding tert-OH is 5. The van der Waals surface area contributed by atoms with Gasteiger partial charge in [0.05, 0.1) is 39.0 Å². The third-order valence-electron chi connectivity index (χ3n) is 7.80. The van der Waals surface area contributed by atoms with E-state index in [1.54, 1.807) is 7.05 Å². The zero-order valence-corrected chi connectivity index (χ0v) is 26.6. The Balaban J connectivity index is 1.64. The summed E-state index contributed by atoms with van der Waals surface area (Å²) in [6.45, 7) is 0.439. The zero-order valence-electron chi connectivity index (χ0n) is 26.6. The van der Waals surface area contributed by atoms with E-state index in [1.165, 1.54) is 11.8 Å². The van der Waals surface area contributed by atoms with Crippen LogP contribution in [-0.2, 0) is 42.9 Å². The smallest absolute Gasteiger partial charge is 0.234 e. The van der Waals surface area contributed by atoms with Crippen LogP contribution in [0.4, 0.5) is 0 Å². The molecule has 3 rings (SSSR count). The van der Waals surface area contributed by atoms with E-state index in [1.807, 2.05) is 0 Å². The Morgan fingerprint density at radius 3 is 2.02 bits per heavy atom. The number of carbonyl (C=O) groups is 4.